The second kappa shape index (κ2) is 13.1. The van der Waals surface area contributed by atoms with Gasteiger partial charge in [0.2, 0.25) is 5.16 Å². The van der Waals surface area contributed by atoms with Gasteiger partial charge < -0.3 is 26.1 Å². The van der Waals surface area contributed by atoms with Crippen LogP contribution < -0.4 is 16.4 Å². The van der Waals surface area contributed by atoms with E-state index in [0.29, 0.717) is 16.9 Å². The molecule has 3 unspecified atom stereocenters. The molecule has 1 fully saturated rings. The van der Waals surface area contributed by atoms with E-state index < -0.39 is 64.1 Å². The maximum absolute atomic E-state index is 13.0. The summed E-state index contributed by atoms with van der Waals surface area (Å²) in [6, 6.07) is -2.49. The smallest absolute Gasteiger partial charge is 0.471 e. The number of tetrazole rings is 1. The van der Waals surface area contributed by atoms with Gasteiger partial charge in [-0.2, -0.15) is 13.2 Å². The highest BCUT2D eigenvalue weighted by atomic mass is 32.2. The number of oxime groups is 1. The van der Waals surface area contributed by atoms with E-state index in [1.54, 1.807) is 5.32 Å². The van der Waals surface area contributed by atoms with Gasteiger partial charge in [0.25, 0.3) is 11.8 Å². The highest BCUT2D eigenvalue weighted by Gasteiger charge is 2.54. The first-order valence-corrected chi connectivity index (χ1v) is 14.7. The van der Waals surface area contributed by atoms with Crippen LogP contribution in [0.5, 0.6) is 0 Å². The van der Waals surface area contributed by atoms with Crippen LogP contribution in [0, 0.1) is 0 Å². The fraction of sp³-hybridized carbons (Fsp3) is 0.400. The summed E-state index contributed by atoms with van der Waals surface area (Å²) in [6.07, 6.45) is -5.17. The average Bonchev–Trinajstić information content (AvgIpc) is 3.61. The average molecular weight is 681 g/mol. The Bertz CT molecular complexity index is 1560. The van der Waals surface area contributed by atoms with Crippen LogP contribution in [0.2, 0.25) is 0 Å². The van der Waals surface area contributed by atoms with Gasteiger partial charge in [-0.1, -0.05) is 16.9 Å². The molecule has 2 aromatic heterocycles. The number of nitrogens with one attached hydrogen (secondary N) is 2. The van der Waals surface area contributed by atoms with Crippen molar-refractivity contribution in [3.05, 3.63) is 22.3 Å². The Morgan fingerprint density at radius 2 is 2.05 bits per heavy atom. The minimum absolute atomic E-state index is 0.0204. The van der Waals surface area contributed by atoms with Gasteiger partial charge in [-0.25, -0.2) is 14.5 Å². The second-order valence-electron chi connectivity index (χ2n) is 8.61. The zero-order valence-corrected chi connectivity index (χ0v) is 24.3. The van der Waals surface area contributed by atoms with Crippen LogP contribution in [0.1, 0.15) is 5.69 Å². The van der Waals surface area contributed by atoms with E-state index in [2.05, 4.69) is 35.8 Å². The number of amides is 3. The van der Waals surface area contributed by atoms with Gasteiger partial charge in [-0.3, -0.25) is 29.4 Å². The number of thiazole rings is 1. The maximum atomic E-state index is 13.0. The molecule has 2 aromatic rings. The quantitative estimate of drug-likeness (QED) is 0.0773. The molecule has 3 atom stereocenters. The van der Waals surface area contributed by atoms with Crippen molar-refractivity contribution in [2.75, 3.05) is 23.9 Å². The van der Waals surface area contributed by atoms with E-state index in [4.69, 9.17) is 10.8 Å². The van der Waals surface area contributed by atoms with Crippen molar-refractivity contribution in [3.8, 4) is 0 Å². The summed E-state index contributed by atoms with van der Waals surface area (Å²) < 4.78 is 38.8. The van der Waals surface area contributed by atoms with Gasteiger partial charge >= 0.3 is 24.0 Å². The van der Waals surface area contributed by atoms with E-state index in [9.17, 15) is 42.3 Å². The Balaban J connectivity index is 1.45. The molecule has 0 aromatic carbocycles. The zero-order valence-electron chi connectivity index (χ0n) is 21.8. The van der Waals surface area contributed by atoms with E-state index >= 15 is 0 Å². The molecule has 1 saturated heterocycles. The minimum atomic E-state index is -5.17. The molecule has 0 radical (unpaired) electrons. The van der Waals surface area contributed by atoms with Crippen molar-refractivity contribution in [1.29, 1.82) is 0 Å². The maximum Gasteiger partial charge on any atom is 0.471 e. The highest BCUT2D eigenvalue weighted by Crippen LogP contribution is 2.41. The van der Waals surface area contributed by atoms with Crippen molar-refractivity contribution >= 4 is 75.4 Å². The van der Waals surface area contributed by atoms with Crippen LogP contribution in [0.25, 0.3) is 0 Å². The van der Waals surface area contributed by atoms with Crippen LogP contribution in [-0.2, 0) is 35.4 Å². The molecule has 2 aliphatic heterocycles. The lowest BCUT2D eigenvalue weighted by Crippen LogP contribution is -2.71. The first kappa shape index (κ1) is 32.6. The molecule has 18 nitrogen and oxygen atoms in total. The normalized spacial score (nSPS) is 19.2. The Labute approximate surface area is 255 Å². The monoisotopic (exact) mass is 680 g/mol. The number of carboxylic acids is 2. The summed E-state index contributed by atoms with van der Waals surface area (Å²) in [4.78, 5) is 69.8. The van der Waals surface area contributed by atoms with Crippen LogP contribution in [0.4, 0.5) is 18.3 Å². The van der Waals surface area contributed by atoms with Crippen LogP contribution in [0.15, 0.2) is 27.0 Å². The lowest BCUT2D eigenvalue weighted by atomic mass is 10.0. The standard InChI is InChI=1S/C20H19F3N10O8S3/c1-41-29-9(8-5-43-18(25-8)27-17(40)20(21,22)23)12(34)26-10-13(35)33-11(16(38)39)6(3-42-14(10)33)4-44-19-28-30-31-32(19)2-7(24)15(36)37/h5,7,10,14H,2-4,24H2,1H3,(H,26,34)(H,36,37)(H,38,39)(H,25,27,40)/b29-9+. The van der Waals surface area contributed by atoms with Gasteiger partial charge in [-0.15, -0.1) is 28.2 Å². The summed E-state index contributed by atoms with van der Waals surface area (Å²) in [5, 5.41) is 37.3. The first-order valence-electron chi connectivity index (χ1n) is 11.8. The Hall–Kier alpha value is -4.29. The molecule has 236 valence electrons. The number of anilines is 1. The zero-order chi connectivity index (χ0) is 32.3. The molecule has 0 aliphatic carbocycles. The lowest BCUT2D eigenvalue weighted by Gasteiger charge is -2.49. The number of hydrogen-bond acceptors (Lipinski definition) is 15. The number of fused-ring (bicyclic) bond motifs is 1. The van der Waals surface area contributed by atoms with E-state index in [1.807, 2.05) is 0 Å². The number of carboxylic acid groups (broad SMARTS) is 2. The van der Waals surface area contributed by atoms with Crippen LogP contribution in [0.3, 0.4) is 0 Å². The van der Waals surface area contributed by atoms with E-state index in [-0.39, 0.29) is 34.6 Å². The molecule has 4 heterocycles. The van der Waals surface area contributed by atoms with E-state index in [1.165, 1.54) is 0 Å². The summed E-state index contributed by atoms with van der Waals surface area (Å²) >= 11 is 2.72. The number of rotatable bonds is 12. The highest BCUT2D eigenvalue weighted by molar-refractivity contribution is 8.01. The van der Waals surface area contributed by atoms with Crippen molar-refractivity contribution in [2.24, 2.45) is 10.9 Å². The van der Waals surface area contributed by atoms with Crippen molar-refractivity contribution in [1.82, 2.24) is 35.4 Å². The van der Waals surface area contributed by atoms with Gasteiger partial charge in [0.1, 0.15) is 36.0 Å². The molecule has 6 N–H and O–H groups in total. The number of aromatic nitrogens is 5. The van der Waals surface area contributed by atoms with Gasteiger partial charge in [0.05, 0.1) is 6.54 Å². The number of alkyl halides is 3. The second-order valence-corrected chi connectivity index (χ2v) is 11.5. The molecule has 44 heavy (non-hydrogen) atoms. The lowest BCUT2D eigenvalue weighted by molar-refractivity contribution is -0.167. The largest absolute Gasteiger partial charge is 0.480 e. The SMILES string of the molecule is CO/N=C(/C(=O)NC1C(=O)N2C(C(=O)O)=C(CSc3nnnn3CC(N)C(=O)O)CSC12)c1csc(NC(=O)C(F)(F)F)n1. The van der Waals surface area contributed by atoms with Crippen molar-refractivity contribution in [2.45, 2.75) is 35.3 Å². The number of thioether (sulfide) groups is 2. The molecule has 4 rings (SSSR count). The number of β-lactam (4-membered cyclic amide) rings is 1. The fourth-order valence-corrected chi connectivity index (χ4v) is 6.80. The van der Waals surface area contributed by atoms with Crippen LogP contribution >= 0.6 is 34.9 Å². The molecular weight excluding hydrogens is 661 g/mol. The first-order chi connectivity index (χ1) is 20.7. The number of carbonyl (C=O) groups excluding carboxylic acids is 3. The number of hydrogen-bond donors (Lipinski definition) is 5. The topological polar surface area (TPSA) is 257 Å². The number of nitrogens with two attached hydrogens (primary N) is 1. The fourth-order valence-electron chi connectivity index (χ4n) is 3.74. The summed E-state index contributed by atoms with van der Waals surface area (Å²) in [5.41, 5.74) is 4.76. The van der Waals surface area contributed by atoms with Crippen molar-refractivity contribution < 1.29 is 52.2 Å². The third-order valence-electron chi connectivity index (χ3n) is 5.72. The molecule has 0 bridgehead atoms. The number of nitrogens with zero attached hydrogens (tertiary/aromatic N) is 7. The molecular formula is C20H19F3N10O8S3. The number of halogens is 3. The molecule has 0 spiro atoms. The van der Waals surface area contributed by atoms with Gasteiger partial charge in [-0.05, 0) is 16.0 Å². The predicted molar refractivity (Wildman–Crippen MR) is 144 cm³/mol. The minimum Gasteiger partial charge on any atom is -0.480 e. The molecule has 3 amide bonds. The van der Waals surface area contributed by atoms with Crippen molar-refractivity contribution in [3.63, 3.8) is 0 Å². The number of aliphatic carboxylic acids is 2. The summed E-state index contributed by atoms with van der Waals surface area (Å²) in [7, 11) is 1.09. The molecule has 2 aliphatic rings. The Morgan fingerprint density at radius 3 is 2.68 bits per heavy atom. The Kier molecular flexibility index (Phi) is 9.75. The Morgan fingerprint density at radius 1 is 1.32 bits per heavy atom. The summed E-state index contributed by atoms with van der Waals surface area (Å²) in [5.74, 6) is -6.58. The molecule has 0 saturated carbocycles. The van der Waals surface area contributed by atoms with E-state index in [0.717, 1.165) is 45.6 Å². The third-order valence-corrected chi connectivity index (χ3v) is 8.86. The third kappa shape index (κ3) is 6.92. The number of carbonyl (C=O) groups is 5. The predicted octanol–water partition coefficient (Wildman–Crippen LogP) is -1.08. The van der Waals surface area contributed by atoms with Gasteiger partial charge in [0, 0.05) is 16.9 Å². The molecule has 24 heteroatoms. The van der Waals surface area contributed by atoms with Gasteiger partial charge in [0.15, 0.2) is 10.8 Å². The van der Waals surface area contributed by atoms with Crippen LogP contribution in [-0.4, -0.2) is 118 Å². The summed E-state index contributed by atoms with van der Waals surface area (Å²) in [6.45, 7) is -0.239.